The Bertz CT molecular complexity index is 887. The summed E-state index contributed by atoms with van der Waals surface area (Å²) in [7, 11) is 0. The molecule has 0 N–H and O–H groups in total. The van der Waals surface area contributed by atoms with Gasteiger partial charge >= 0.3 is 0 Å². The molecule has 0 aliphatic carbocycles. The Morgan fingerprint density at radius 2 is 2.12 bits per heavy atom. The molecule has 6 heteroatoms. The Balaban J connectivity index is 1.57. The fourth-order valence-electron chi connectivity index (χ4n) is 3.29. The molecule has 0 radical (unpaired) electrons. The maximum atomic E-state index is 13.6. The van der Waals surface area contributed by atoms with Crippen molar-refractivity contribution in [2.75, 3.05) is 13.1 Å². The number of halogens is 2. The van der Waals surface area contributed by atoms with Crippen molar-refractivity contribution in [2.24, 2.45) is 0 Å². The minimum atomic E-state index is -0.426. The average Bonchev–Trinajstić information content (AvgIpc) is 3.04. The van der Waals surface area contributed by atoms with Gasteiger partial charge in [0.25, 0.3) is 5.91 Å². The van der Waals surface area contributed by atoms with E-state index in [1.165, 1.54) is 12.1 Å². The third-order valence-corrected chi connectivity index (χ3v) is 4.94. The van der Waals surface area contributed by atoms with Crippen LogP contribution in [0.25, 0.3) is 11.1 Å². The Kier molecular flexibility index (Phi) is 4.29. The number of rotatable bonds is 2. The SMILES string of the molecule is O=C(c1cc(F)cc(Br)c1)N1CCCC(c2nc3ccccc3o2)C1. The molecule has 1 aliphatic rings. The highest BCUT2D eigenvalue weighted by Gasteiger charge is 2.28. The number of carbonyl (C=O) groups is 1. The van der Waals surface area contributed by atoms with Gasteiger partial charge in [-0.05, 0) is 43.2 Å². The zero-order valence-corrected chi connectivity index (χ0v) is 15.0. The van der Waals surface area contributed by atoms with Crippen LogP contribution in [0.5, 0.6) is 0 Å². The third kappa shape index (κ3) is 3.31. The predicted octanol–water partition coefficient (Wildman–Crippen LogP) is 4.75. The minimum absolute atomic E-state index is 0.0575. The molecule has 25 heavy (non-hydrogen) atoms. The Labute approximate surface area is 152 Å². The zero-order chi connectivity index (χ0) is 17.4. The number of benzene rings is 2. The van der Waals surface area contributed by atoms with Gasteiger partial charge in [-0.15, -0.1) is 0 Å². The zero-order valence-electron chi connectivity index (χ0n) is 13.4. The van der Waals surface area contributed by atoms with Gasteiger partial charge in [0.05, 0.1) is 5.92 Å². The molecule has 4 rings (SSSR count). The molecule has 1 unspecified atom stereocenters. The number of hydrogen-bond donors (Lipinski definition) is 0. The summed E-state index contributed by atoms with van der Waals surface area (Å²) in [5.41, 5.74) is 1.94. The van der Waals surface area contributed by atoms with Crippen molar-refractivity contribution in [2.45, 2.75) is 18.8 Å². The number of oxazole rings is 1. The van der Waals surface area contributed by atoms with Crippen LogP contribution in [0, 0.1) is 5.82 Å². The molecular formula is C19H16BrFN2O2. The minimum Gasteiger partial charge on any atom is -0.440 e. The molecule has 1 aliphatic heterocycles. The number of carbonyl (C=O) groups excluding carboxylic acids is 1. The van der Waals surface area contributed by atoms with Gasteiger partial charge in [-0.25, -0.2) is 9.37 Å². The van der Waals surface area contributed by atoms with Crippen LogP contribution in [0.2, 0.25) is 0 Å². The van der Waals surface area contributed by atoms with Crippen molar-refractivity contribution in [1.82, 2.24) is 9.88 Å². The predicted molar refractivity (Wildman–Crippen MR) is 96.0 cm³/mol. The summed E-state index contributed by atoms with van der Waals surface area (Å²) in [5, 5.41) is 0. The molecule has 4 nitrogen and oxygen atoms in total. The van der Waals surface area contributed by atoms with E-state index < -0.39 is 5.82 Å². The van der Waals surface area contributed by atoms with E-state index in [1.54, 1.807) is 11.0 Å². The molecule has 3 aromatic rings. The summed E-state index contributed by atoms with van der Waals surface area (Å²) in [6.07, 6.45) is 1.79. The smallest absolute Gasteiger partial charge is 0.254 e. The van der Waals surface area contributed by atoms with Gasteiger partial charge in [0.2, 0.25) is 0 Å². The fourth-order valence-corrected chi connectivity index (χ4v) is 3.75. The van der Waals surface area contributed by atoms with Crippen LogP contribution in [0.1, 0.15) is 35.0 Å². The monoisotopic (exact) mass is 402 g/mol. The maximum Gasteiger partial charge on any atom is 0.254 e. The van der Waals surface area contributed by atoms with Crippen LogP contribution in [-0.4, -0.2) is 28.9 Å². The highest BCUT2D eigenvalue weighted by Crippen LogP contribution is 2.30. The molecule has 1 atom stereocenters. The standard InChI is InChI=1S/C19H16BrFN2O2/c20-14-8-13(9-15(21)10-14)19(24)23-7-3-4-12(11-23)18-22-16-5-1-2-6-17(16)25-18/h1-2,5-6,8-10,12H,3-4,7,11H2. The van der Waals surface area contributed by atoms with Crippen molar-refractivity contribution >= 4 is 32.9 Å². The first-order chi connectivity index (χ1) is 12.1. The topological polar surface area (TPSA) is 46.3 Å². The summed E-state index contributed by atoms with van der Waals surface area (Å²) in [4.78, 5) is 19.1. The Morgan fingerprint density at radius 1 is 1.28 bits per heavy atom. The number of aromatic nitrogens is 1. The van der Waals surface area contributed by atoms with E-state index in [-0.39, 0.29) is 11.8 Å². The molecule has 1 aromatic heterocycles. The van der Waals surface area contributed by atoms with Gasteiger partial charge in [0.1, 0.15) is 11.3 Å². The first kappa shape index (κ1) is 16.3. The van der Waals surface area contributed by atoms with E-state index in [0.717, 1.165) is 23.9 Å². The lowest BCUT2D eigenvalue weighted by Crippen LogP contribution is -2.39. The van der Waals surface area contributed by atoms with Gasteiger partial charge in [-0.2, -0.15) is 0 Å². The second-order valence-electron chi connectivity index (χ2n) is 6.27. The van der Waals surface area contributed by atoms with Crippen LogP contribution < -0.4 is 0 Å². The molecule has 0 saturated carbocycles. The van der Waals surface area contributed by atoms with Crippen LogP contribution in [0.4, 0.5) is 4.39 Å². The number of hydrogen-bond acceptors (Lipinski definition) is 3. The van der Waals surface area contributed by atoms with Crippen molar-refractivity contribution in [3.05, 3.63) is 64.2 Å². The average molecular weight is 403 g/mol. The summed E-state index contributed by atoms with van der Waals surface area (Å²) in [6.45, 7) is 1.18. The fraction of sp³-hybridized carbons (Fsp3) is 0.263. The van der Waals surface area contributed by atoms with E-state index in [1.807, 2.05) is 24.3 Å². The van der Waals surface area contributed by atoms with Crippen LogP contribution in [0.15, 0.2) is 51.4 Å². The van der Waals surface area contributed by atoms with Gasteiger partial charge in [0.15, 0.2) is 11.5 Å². The molecular weight excluding hydrogens is 387 g/mol. The molecule has 0 bridgehead atoms. The van der Waals surface area contributed by atoms with E-state index in [9.17, 15) is 9.18 Å². The molecule has 2 aromatic carbocycles. The highest BCUT2D eigenvalue weighted by atomic mass is 79.9. The highest BCUT2D eigenvalue weighted by molar-refractivity contribution is 9.10. The summed E-state index contributed by atoms with van der Waals surface area (Å²) in [6, 6.07) is 11.9. The lowest BCUT2D eigenvalue weighted by Gasteiger charge is -2.31. The summed E-state index contributed by atoms with van der Waals surface area (Å²) >= 11 is 3.24. The van der Waals surface area contributed by atoms with Crippen molar-refractivity contribution in [3.8, 4) is 0 Å². The van der Waals surface area contributed by atoms with Crippen LogP contribution >= 0.6 is 15.9 Å². The van der Waals surface area contributed by atoms with Gasteiger partial charge in [-0.1, -0.05) is 28.1 Å². The second kappa shape index (κ2) is 6.59. The molecule has 1 fully saturated rings. The van der Waals surface area contributed by atoms with Gasteiger partial charge in [-0.3, -0.25) is 4.79 Å². The maximum absolute atomic E-state index is 13.6. The number of amides is 1. The van der Waals surface area contributed by atoms with Crippen molar-refractivity contribution in [3.63, 3.8) is 0 Å². The molecule has 2 heterocycles. The molecule has 1 amide bonds. The first-order valence-corrected chi connectivity index (χ1v) is 9.00. The van der Waals surface area contributed by atoms with E-state index in [4.69, 9.17) is 4.42 Å². The van der Waals surface area contributed by atoms with Crippen LogP contribution in [-0.2, 0) is 0 Å². The Hall–Kier alpha value is -2.21. The number of likely N-dealkylation sites (tertiary alicyclic amines) is 1. The van der Waals surface area contributed by atoms with Crippen molar-refractivity contribution in [1.29, 1.82) is 0 Å². The number of para-hydroxylation sites is 2. The number of nitrogens with zero attached hydrogens (tertiary/aromatic N) is 2. The number of fused-ring (bicyclic) bond motifs is 1. The molecule has 0 spiro atoms. The van der Waals surface area contributed by atoms with E-state index >= 15 is 0 Å². The van der Waals surface area contributed by atoms with E-state index in [2.05, 4.69) is 20.9 Å². The van der Waals surface area contributed by atoms with Gasteiger partial charge < -0.3 is 9.32 Å². The Morgan fingerprint density at radius 3 is 2.92 bits per heavy atom. The second-order valence-corrected chi connectivity index (χ2v) is 7.18. The van der Waals surface area contributed by atoms with Crippen LogP contribution in [0.3, 0.4) is 0 Å². The van der Waals surface area contributed by atoms with Gasteiger partial charge in [0, 0.05) is 23.1 Å². The molecule has 128 valence electrons. The van der Waals surface area contributed by atoms with E-state index in [0.29, 0.717) is 29.0 Å². The summed E-state index contributed by atoms with van der Waals surface area (Å²) in [5.74, 6) is 0.132. The normalized spacial score (nSPS) is 17.8. The van der Waals surface area contributed by atoms with Crippen molar-refractivity contribution < 1.29 is 13.6 Å². The lowest BCUT2D eigenvalue weighted by atomic mass is 9.97. The largest absolute Gasteiger partial charge is 0.440 e. The first-order valence-electron chi connectivity index (χ1n) is 8.21. The third-order valence-electron chi connectivity index (χ3n) is 4.48. The lowest BCUT2D eigenvalue weighted by molar-refractivity contribution is 0.0698. The number of piperidine rings is 1. The summed E-state index contributed by atoms with van der Waals surface area (Å²) < 4.78 is 20.0. The molecule has 1 saturated heterocycles. The quantitative estimate of drug-likeness (QED) is 0.621.